The zero-order valence-electron chi connectivity index (χ0n) is 10.2. The largest absolute Gasteiger partial charge is 0.316 e. The third-order valence-electron chi connectivity index (χ3n) is 4.44. The molecule has 1 heterocycles. The van der Waals surface area contributed by atoms with E-state index in [2.05, 4.69) is 9.69 Å². The summed E-state index contributed by atoms with van der Waals surface area (Å²) in [4.78, 5) is 12.4. The molecule has 2 bridgehead atoms. The van der Waals surface area contributed by atoms with E-state index < -0.39 is 0 Å². The lowest BCUT2D eigenvalue weighted by atomic mass is 9.60. The van der Waals surface area contributed by atoms with Gasteiger partial charge >= 0.3 is 0 Å². The molecule has 0 aliphatic heterocycles. The molecule has 3 fully saturated rings. The molecule has 3 aliphatic rings. The van der Waals surface area contributed by atoms with Crippen molar-refractivity contribution in [3.63, 3.8) is 0 Å². The number of hydrogen-bond acceptors (Lipinski definition) is 3. The molecule has 3 aliphatic carbocycles. The van der Waals surface area contributed by atoms with E-state index in [1.807, 2.05) is 13.0 Å². The number of amides is 1. The summed E-state index contributed by atoms with van der Waals surface area (Å²) in [5.41, 5.74) is 0.919. The van der Waals surface area contributed by atoms with E-state index in [1.54, 1.807) is 0 Å². The van der Waals surface area contributed by atoms with Crippen LogP contribution in [0.25, 0.3) is 0 Å². The quantitative estimate of drug-likeness (QED) is 0.874. The Morgan fingerprint density at radius 1 is 1.41 bits per heavy atom. The summed E-state index contributed by atoms with van der Waals surface area (Å²) in [6, 6.07) is 1.95. The lowest BCUT2D eigenvalue weighted by Crippen LogP contribution is -2.43. The predicted octanol–water partition coefficient (Wildman–Crippen LogP) is 3.36. The van der Waals surface area contributed by atoms with E-state index in [-0.39, 0.29) is 11.3 Å². The SMILES string of the molecule is Cc1cc(NC(=O)C23CCC(CC2)CC3)sn1. The van der Waals surface area contributed by atoms with Gasteiger partial charge in [-0.15, -0.1) is 0 Å². The molecule has 1 aromatic rings. The van der Waals surface area contributed by atoms with Crippen molar-refractivity contribution in [2.75, 3.05) is 5.32 Å². The number of nitrogens with zero attached hydrogens (tertiary/aromatic N) is 1. The molecule has 0 unspecified atom stereocenters. The van der Waals surface area contributed by atoms with Crippen LogP contribution in [-0.2, 0) is 4.79 Å². The smallest absolute Gasteiger partial charge is 0.231 e. The van der Waals surface area contributed by atoms with Crippen LogP contribution in [0, 0.1) is 18.3 Å². The number of aromatic nitrogens is 1. The number of hydrogen-bond donors (Lipinski definition) is 1. The van der Waals surface area contributed by atoms with Gasteiger partial charge in [-0.05, 0) is 69.0 Å². The second kappa shape index (κ2) is 4.09. The number of anilines is 1. The Hall–Kier alpha value is -0.900. The first-order valence-electron chi connectivity index (χ1n) is 6.43. The summed E-state index contributed by atoms with van der Waals surface area (Å²) < 4.78 is 4.20. The molecule has 0 atom stereocenters. The standard InChI is InChI=1S/C13H18N2OS/c1-9-8-11(17-15-9)14-12(16)13-5-2-10(3-6-13)4-7-13/h8,10H,2-7H2,1H3,(H,14,16). The molecule has 0 saturated heterocycles. The van der Waals surface area contributed by atoms with E-state index in [1.165, 1.54) is 30.8 Å². The second-order valence-corrected chi connectivity index (χ2v) is 6.35. The van der Waals surface area contributed by atoms with Crippen molar-refractivity contribution in [1.29, 1.82) is 0 Å². The molecule has 0 aromatic carbocycles. The topological polar surface area (TPSA) is 42.0 Å². The zero-order valence-corrected chi connectivity index (χ0v) is 11.0. The fraction of sp³-hybridized carbons (Fsp3) is 0.692. The minimum atomic E-state index is -0.0629. The first kappa shape index (κ1) is 11.2. The van der Waals surface area contributed by atoms with E-state index in [4.69, 9.17) is 0 Å². The van der Waals surface area contributed by atoms with Crippen molar-refractivity contribution >= 4 is 22.4 Å². The van der Waals surface area contributed by atoms with Crippen molar-refractivity contribution in [3.05, 3.63) is 11.8 Å². The summed E-state index contributed by atoms with van der Waals surface area (Å²) in [5, 5.41) is 3.96. The van der Waals surface area contributed by atoms with Crippen LogP contribution in [0.5, 0.6) is 0 Å². The molecular weight excluding hydrogens is 232 g/mol. The van der Waals surface area contributed by atoms with Gasteiger partial charge in [0, 0.05) is 5.41 Å². The Balaban J connectivity index is 1.73. The van der Waals surface area contributed by atoms with Crippen molar-refractivity contribution in [3.8, 4) is 0 Å². The van der Waals surface area contributed by atoms with Crippen molar-refractivity contribution in [2.45, 2.75) is 45.4 Å². The molecule has 92 valence electrons. The van der Waals surface area contributed by atoms with Crippen molar-refractivity contribution in [2.24, 2.45) is 11.3 Å². The maximum Gasteiger partial charge on any atom is 0.231 e. The minimum Gasteiger partial charge on any atom is -0.316 e. The highest BCUT2D eigenvalue weighted by molar-refractivity contribution is 7.10. The molecule has 4 rings (SSSR count). The first-order chi connectivity index (χ1) is 8.18. The Morgan fingerprint density at radius 2 is 2.06 bits per heavy atom. The van der Waals surface area contributed by atoms with Gasteiger partial charge in [-0.25, -0.2) is 0 Å². The number of rotatable bonds is 2. The van der Waals surface area contributed by atoms with Crippen LogP contribution in [0.1, 0.15) is 44.2 Å². The van der Waals surface area contributed by atoms with Crippen LogP contribution in [-0.4, -0.2) is 10.3 Å². The second-order valence-electron chi connectivity index (χ2n) is 5.55. The van der Waals surface area contributed by atoms with E-state index >= 15 is 0 Å². The molecule has 3 saturated carbocycles. The molecular formula is C13H18N2OS. The van der Waals surface area contributed by atoms with Crippen molar-refractivity contribution in [1.82, 2.24) is 4.37 Å². The average molecular weight is 250 g/mol. The minimum absolute atomic E-state index is 0.0629. The molecule has 0 spiro atoms. The molecule has 0 radical (unpaired) electrons. The van der Waals surface area contributed by atoms with Crippen LogP contribution in [0.3, 0.4) is 0 Å². The highest BCUT2D eigenvalue weighted by Crippen LogP contribution is 2.50. The number of nitrogens with one attached hydrogen (secondary N) is 1. The molecule has 1 amide bonds. The summed E-state index contributed by atoms with van der Waals surface area (Å²) >= 11 is 1.38. The van der Waals surface area contributed by atoms with Gasteiger partial charge in [0.2, 0.25) is 5.91 Å². The molecule has 1 N–H and O–H groups in total. The summed E-state index contributed by atoms with van der Waals surface area (Å²) in [7, 11) is 0. The third kappa shape index (κ3) is 1.99. The normalized spacial score (nSPS) is 31.5. The van der Waals surface area contributed by atoms with Gasteiger partial charge in [-0.1, -0.05) is 0 Å². The summed E-state index contributed by atoms with van der Waals surface area (Å²) in [6.45, 7) is 1.95. The Bertz CT molecular complexity index is 419. The number of carbonyl (C=O) groups excluding carboxylic acids is 1. The van der Waals surface area contributed by atoms with E-state index in [0.29, 0.717) is 0 Å². The number of aryl methyl sites for hydroxylation is 1. The van der Waals surface area contributed by atoms with Gasteiger partial charge < -0.3 is 5.32 Å². The summed E-state index contributed by atoms with van der Waals surface area (Å²) in [5.74, 6) is 1.13. The number of carbonyl (C=O) groups is 1. The van der Waals surface area contributed by atoms with Gasteiger partial charge in [-0.2, -0.15) is 4.37 Å². The maximum absolute atomic E-state index is 12.4. The lowest BCUT2D eigenvalue weighted by molar-refractivity contribution is -0.131. The van der Waals surface area contributed by atoms with E-state index in [0.717, 1.165) is 35.9 Å². The molecule has 17 heavy (non-hydrogen) atoms. The zero-order chi connectivity index (χ0) is 11.9. The Morgan fingerprint density at radius 3 is 2.59 bits per heavy atom. The van der Waals surface area contributed by atoms with Crippen LogP contribution >= 0.6 is 11.5 Å². The lowest BCUT2D eigenvalue weighted by Gasteiger charge is -2.45. The van der Waals surface area contributed by atoms with Crippen LogP contribution in [0.15, 0.2) is 6.07 Å². The van der Waals surface area contributed by atoms with Gasteiger partial charge in [0.25, 0.3) is 0 Å². The maximum atomic E-state index is 12.4. The first-order valence-corrected chi connectivity index (χ1v) is 7.20. The Labute approximate surface area is 106 Å². The molecule has 4 heteroatoms. The number of fused-ring (bicyclic) bond motifs is 3. The third-order valence-corrected chi connectivity index (χ3v) is 5.24. The monoisotopic (exact) mass is 250 g/mol. The van der Waals surface area contributed by atoms with Crippen LogP contribution in [0.4, 0.5) is 5.00 Å². The average Bonchev–Trinajstić information content (AvgIpc) is 2.77. The van der Waals surface area contributed by atoms with Gasteiger partial charge in [-0.3, -0.25) is 4.79 Å². The predicted molar refractivity (Wildman–Crippen MR) is 69.1 cm³/mol. The highest BCUT2D eigenvalue weighted by Gasteiger charge is 2.45. The van der Waals surface area contributed by atoms with Crippen LogP contribution < -0.4 is 5.32 Å². The summed E-state index contributed by atoms with van der Waals surface area (Å²) in [6.07, 6.45) is 6.99. The highest BCUT2D eigenvalue weighted by atomic mass is 32.1. The molecule has 1 aromatic heterocycles. The van der Waals surface area contributed by atoms with E-state index in [9.17, 15) is 4.79 Å². The fourth-order valence-electron chi connectivity index (χ4n) is 3.26. The fourth-order valence-corrected chi connectivity index (χ4v) is 3.91. The van der Waals surface area contributed by atoms with Gasteiger partial charge in [0.1, 0.15) is 5.00 Å². The van der Waals surface area contributed by atoms with Gasteiger partial charge in [0.05, 0.1) is 5.69 Å². The molecule has 3 nitrogen and oxygen atoms in total. The van der Waals surface area contributed by atoms with Gasteiger partial charge in [0.15, 0.2) is 0 Å². The van der Waals surface area contributed by atoms with Crippen molar-refractivity contribution < 1.29 is 4.79 Å². The van der Waals surface area contributed by atoms with Crippen LogP contribution in [0.2, 0.25) is 0 Å². The Kier molecular flexibility index (Phi) is 2.69.